The Hall–Kier alpha value is -2.57. The summed E-state index contributed by atoms with van der Waals surface area (Å²) < 4.78 is 16.0. The summed E-state index contributed by atoms with van der Waals surface area (Å²) in [7, 11) is 3.16. The van der Waals surface area contributed by atoms with Crippen molar-refractivity contribution in [3.8, 4) is 17.2 Å². The smallest absolute Gasteiger partial charge is 0.167 e. The lowest BCUT2D eigenvalue weighted by molar-refractivity contribution is 0.0811. The number of carbonyl (C=O) groups excluding carboxylic acids is 1. The number of hydrogen-bond acceptors (Lipinski definition) is 6. The summed E-state index contributed by atoms with van der Waals surface area (Å²) in [5.41, 5.74) is 1.85. The fourth-order valence-electron chi connectivity index (χ4n) is 3.75. The minimum absolute atomic E-state index is 0.00498. The minimum atomic E-state index is -0.0194. The molecule has 29 heavy (non-hydrogen) atoms. The van der Waals surface area contributed by atoms with Crippen molar-refractivity contribution < 1.29 is 24.1 Å². The standard InChI is InChI=1S/C23H29NO5/c1-27-21-10-7-18(14-22(21)28-2)23(26)19-4-3-11-24(16-19)15-17-5-8-20(9-6-17)29-13-12-25/h5-10,14,19,25H,3-4,11-13,15-16H2,1-2H3/t19-/m1/s1. The van der Waals surface area contributed by atoms with Gasteiger partial charge in [-0.1, -0.05) is 12.1 Å². The van der Waals surface area contributed by atoms with E-state index in [1.165, 1.54) is 5.56 Å². The topological polar surface area (TPSA) is 68.2 Å². The van der Waals surface area contributed by atoms with Crippen LogP contribution in [0.15, 0.2) is 42.5 Å². The molecule has 0 radical (unpaired) electrons. The molecule has 6 heteroatoms. The van der Waals surface area contributed by atoms with Crippen molar-refractivity contribution in [2.45, 2.75) is 19.4 Å². The van der Waals surface area contributed by atoms with E-state index in [0.29, 0.717) is 23.7 Å². The Morgan fingerprint density at radius 2 is 1.86 bits per heavy atom. The molecule has 1 aliphatic heterocycles. The van der Waals surface area contributed by atoms with E-state index >= 15 is 0 Å². The average molecular weight is 399 g/mol. The molecule has 1 atom stereocenters. The number of Topliss-reactive ketones (excluding diaryl/α,β-unsaturated/α-hetero) is 1. The normalized spacial score (nSPS) is 17.0. The summed E-state index contributed by atoms with van der Waals surface area (Å²) in [5.74, 6) is 2.09. The second-order valence-electron chi connectivity index (χ2n) is 7.22. The van der Waals surface area contributed by atoms with Crippen LogP contribution >= 0.6 is 0 Å². The fourth-order valence-corrected chi connectivity index (χ4v) is 3.75. The van der Waals surface area contributed by atoms with Gasteiger partial charge in [0.1, 0.15) is 12.4 Å². The van der Waals surface area contributed by atoms with Gasteiger partial charge in [-0.05, 0) is 55.3 Å². The number of hydrogen-bond donors (Lipinski definition) is 1. The molecular weight excluding hydrogens is 370 g/mol. The number of benzene rings is 2. The molecule has 0 aliphatic carbocycles. The van der Waals surface area contributed by atoms with Gasteiger partial charge in [-0.25, -0.2) is 0 Å². The van der Waals surface area contributed by atoms with Gasteiger partial charge in [-0.2, -0.15) is 0 Å². The Kier molecular flexibility index (Phi) is 7.49. The first-order valence-electron chi connectivity index (χ1n) is 9.95. The predicted octanol–water partition coefficient (Wildman–Crippen LogP) is 3.17. The van der Waals surface area contributed by atoms with Crippen LogP contribution in [0.5, 0.6) is 17.2 Å². The van der Waals surface area contributed by atoms with Crippen molar-refractivity contribution in [1.82, 2.24) is 4.90 Å². The zero-order valence-electron chi connectivity index (χ0n) is 17.1. The van der Waals surface area contributed by atoms with Crippen molar-refractivity contribution in [3.05, 3.63) is 53.6 Å². The van der Waals surface area contributed by atoms with Crippen LogP contribution < -0.4 is 14.2 Å². The fraction of sp³-hybridized carbons (Fsp3) is 0.435. The van der Waals surface area contributed by atoms with Crippen molar-refractivity contribution in [2.75, 3.05) is 40.5 Å². The highest BCUT2D eigenvalue weighted by Crippen LogP contribution is 2.30. The lowest BCUT2D eigenvalue weighted by atomic mass is 9.89. The average Bonchev–Trinajstić information content (AvgIpc) is 2.77. The number of carbonyl (C=O) groups is 1. The largest absolute Gasteiger partial charge is 0.493 e. The molecule has 2 aromatic carbocycles. The summed E-state index contributed by atoms with van der Waals surface area (Å²) in [6.07, 6.45) is 1.90. The summed E-state index contributed by atoms with van der Waals surface area (Å²) >= 11 is 0. The van der Waals surface area contributed by atoms with Crippen molar-refractivity contribution in [1.29, 1.82) is 0 Å². The van der Waals surface area contributed by atoms with Crippen molar-refractivity contribution in [2.24, 2.45) is 5.92 Å². The third-order valence-electron chi connectivity index (χ3n) is 5.23. The molecule has 1 saturated heterocycles. The van der Waals surface area contributed by atoms with Crippen LogP contribution in [0.1, 0.15) is 28.8 Å². The number of nitrogens with zero attached hydrogens (tertiary/aromatic N) is 1. The first kappa shape index (κ1) is 21.1. The van der Waals surface area contributed by atoms with Crippen LogP contribution in [0.3, 0.4) is 0 Å². The molecule has 0 bridgehead atoms. The lowest BCUT2D eigenvalue weighted by Crippen LogP contribution is -2.38. The van der Waals surface area contributed by atoms with Crippen molar-refractivity contribution in [3.63, 3.8) is 0 Å². The van der Waals surface area contributed by atoms with Crippen LogP contribution in [0, 0.1) is 5.92 Å². The summed E-state index contributed by atoms with van der Waals surface area (Å²) in [6, 6.07) is 13.3. The first-order chi connectivity index (χ1) is 14.1. The Morgan fingerprint density at radius 1 is 1.10 bits per heavy atom. The Labute approximate surface area is 172 Å². The van der Waals surface area contributed by atoms with Crippen LogP contribution in [-0.2, 0) is 6.54 Å². The monoisotopic (exact) mass is 399 g/mol. The lowest BCUT2D eigenvalue weighted by Gasteiger charge is -2.32. The van der Waals surface area contributed by atoms with Crippen LogP contribution in [0.2, 0.25) is 0 Å². The van der Waals surface area contributed by atoms with Crippen LogP contribution in [0.25, 0.3) is 0 Å². The summed E-state index contributed by atoms with van der Waals surface area (Å²) in [5, 5.41) is 8.83. The molecular formula is C23H29NO5. The number of ether oxygens (including phenoxy) is 3. The van der Waals surface area contributed by atoms with Gasteiger partial charge < -0.3 is 19.3 Å². The van der Waals surface area contributed by atoms with E-state index in [2.05, 4.69) is 4.90 Å². The maximum absolute atomic E-state index is 13.1. The van der Waals surface area contributed by atoms with E-state index in [1.807, 2.05) is 30.3 Å². The second kappa shape index (κ2) is 10.3. The number of methoxy groups -OCH3 is 2. The van der Waals surface area contributed by atoms with Gasteiger partial charge in [0.05, 0.1) is 20.8 Å². The van der Waals surface area contributed by atoms with E-state index in [-0.39, 0.29) is 18.3 Å². The molecule has 0 aromatic heterocycles. The van der Waals surface area contributed by atoms with Crippen LogP contribution in [-0.4, -0.2) is 56.3 Å². The molecule has 6 nitrogen and oxygen atoms in total. The van der Waals surface area contributed by atoms with Gasteiger partial charge in [0.2, 0.25) is 0 Å². The SMILES string of the molecule is COc1ccc(C(=O)[C@@H]2CCCN(Cc3ccc(OCCO)cc3)C2)cc1OC. The van der Waals surface area contributed by atoms with Crippen molar-refractivity contribution >= 4 is 5.78 Å². The highest BCUT2D eigenvalue weighted by molar-refractivity contribution is 5.98. The molecule has 1 fully saturated rings. The second-order valence-corrected chi connectivity index (χ2v) is 7.22. The molecule has 1 N–H and O–H groups in total. The summed E-state index contributed by atoms with van der Waals surface area (Å²) in [4.78, 5) is 15.4. The zero-order valence-corrected chi connectivity index (χ0v) is 17.1. The molecule has 3 rings (SSSR count). The predicted molar refractivity (Wildman–Crippen MR) is 111 cm³/mol. The Morgan fingerprint density at radius 3 is 2.55 bits per heavy atom. The number of aliphatic hydroxyl groups is 1. The number of piperidine rings is 1. The highest BCUT2D eigenvalue weighted by Gasteiger charge is 2.27. The molecule has 1 aliphatic rings. The van der Waals surface area contributed by atoms with Gasteiger partial charge in [0.25, 0.3) is 0 Å². The number of rotatable bonds is 9. The van der Waals surface area contributed by atoms with Gasteiger partial charge in [-0.15, -0.1) is 0 Å². The molecule has 1 heterocycles. The van der Waals surface area contributed by atoms with Gasteiger partial charge >= 0.3 is 0 Å². The van der Waals surface area contributed by atoms with Gasteiger partial charge in [0.15, 0.2) is 17.3 Å². The molecule has 0 unspecified atom stereocenters. The minimum Gasteiger partial charge on any atom is -0.493 e. The quantitative estimate of drug-likeness (QED) is 0.654. The maximum Gasteiger partial charge on any atom is 0.167 e. The maximum atomic E-state index is 13.1. The number of likely N-dealkylation sites (tertiary alicyclic amines) is 1. The first-order valence-corrected chi connectivity index (χ1v) is 9.95. The molecule has 0 spiro atoms. The highest BCUT2D eigenvalue weighted by atomic mass is 16.5. The third kappa shape index (κ3) is 5.49. The molecule has 0 amide bonds. The van der Waals surface area contributed by atoms with E-state index < -0.39 is 0 Å². The van der Waals surface area contributed by atoms with E-state index in [1.54, 1.807) is 26.4 Å². The molecule has 2 aromatic rings. The number of aliphatic hydroxyl groups excluding tert-OH is 1. The third-order valence-corrected chi connectivity index (χ3v) is 5.23. The number of ketones is 1. The van der Waals surface area contributed by atoms with E-state index in [0.717, 1.165) is 38.2 Å². The Balaban J connectivity index is 1.62. The van der Waals surface area contributed by atoms with Crippen LogP contribution in [0.4, 0.5) is 0 Å². The van der Waals surface area contributed by atoms with Gasteiger partial charge in [-0.3, -0.25) is 9.69 Å². The van der Waals surface area contributed by atoms with Gasteiger partial charge in [0, 0.05) is 24.6 Å². The summed E-state index contributed by atoms with van der Waals surface area (Å²) in [6.45, 7) is 2.83. The Bertz CT molecular complexity index is 805. The molecule has 0 saturated carbocycles. The van der Waals surface area contributed by atoms with E-state index in [9.17, 15) is 4.79 Å². The molecule has 156 valence electrons. The van der Waals surface area contributed by atoms with E-state index in [4.69, 9.17) is 19.3 Å². The zero-order chi connectivity index (χ0) is 20.6.